The summed E-state index contributed by atoms with van der Waals surface area (Å²) in [5.41, 5.74) is -2.32. The fourth-order valence-electron chi connectivity index (χ4n) is 2.95. The van der Waals surface area contributed by atoms with Gasteiger partial charge < -0.3 is 14.4 Å². The van der Waals surface area contributed by atoms with Crippen LogP contribution in [-0.4, -0.2) is 31.7 Å². The van der Waals surface area contributed by atoms with E-state index in [0.29, 0.717) is 16.7 Å². The largest absolute Gasteiger partial charge is 0.491 e. The van der Waals surface area contributed by atoms with Crippen LogP contribution >= 0.6 is 0 Å². The number of benzene rings is 2. The van der Waals surface area contributed by atoms with Crippen LogP contribution in [0.4, 0.5) is 32.0 Å². The molecule has 29 heavy (non-hydrogen) atoms. The molecule has 154 valence electrons. The number of para-hydroxylation sites is 1. The molecule has 0 saturated carbocycles. The van der Waals surface area contributed by atoms with Crippen molar-refractivity contribution in [3.63, 3.8) is 0 Å². The molecular weight excluding hydrogens is 402 g/mol. The van der Waals surface area contributed by atoms with Crippen LogP contribution in [0, 0.1) is 11.3 Å². The number of nitriles is 1. The normalized spacial score (nSPS) is 19.8. The zero-order valence-electron chi connectivity index (χ0n) is 14.7. The molecule has 2 atom stereocenters. The first-order valence-electron chi connectivity index (χ1n) is 8.37. The summed E-state index contributed by atoms with van der Waals surface area (Å²) in [4.78, 5) is 0.690. The van der Waals surface area contributed by atoms with Gasteiger partial charge in [0, 0.05) is 5.69 Å². The van der Waals surface area contributed by atoms with Crippen molar-refractivity contribution >= 4 is 5.69 Å². The smallest absolute Gasteiger partial charge is 0.433 e. The van der Waals surface area contributed by atoms with Gasteiger partial charge in [0.1, 0.15) is 18.5 Å². The molecule has 1 heterocycles. The predicted octanol–water partition coefficient (Wildman–Crippen LogP) is 4.75. The minimum absolute atomic E-state index is 0.213. The first kappa shape index (κ1) is 20.8. The number of hydrogen-bond acceptors (Lipinski definition) is 4. The second-order valence-corrected chi connectivity index (χ2v) is 6.27. The van der Waals surface area contributed by atoms with Crippen LogP contribution < -0.4 is 9.64 Å². The molecule has 4 nitrogen and oxygen atoms in total. The first-order chi connectivity index (χ1) is 13.6. The maximum atomic E-state index is 13.4. The topological polar surface area (TPSA) is 45.5 Å². The standard InChI is InChI=1S/C19H14F6N2O2/c20-18(21,22)16-8-13(7-6-12(16)9-26)27-10-15(29-17(27)19(23,24)25)11-28-14-4-2-1-3-5-14/h1-8,15,17H,10-11H2. The van der Waals surface area contributed by atoms with Crippen molar-refractivity contribution in [3.8, 4) is 11.8 Å². The molecule has 1 saturated heterocycles. The molecule has 0 amide bonds. The van der Waals surface area contributed by atoms with Gasteiger partial charge in [0.15, 0.2) is 0 Å². The second-order valence-electron chi connectivity index (χ2n) is 6.27. The molecule has 1 aliphatic heterocycles. The lowest BCUT2D eigenvalue weighted by Crippen LogP contribution is -2.42. The fourth-order valence-corrected chi connectivity index (χ4v) is 2.95. The van der Waals surface area contributed by atoms with E-state index in [9.17, 15) is 26.3 Å². The van der Waals surface area contributed by atoms with Gasteiger partial charge in [-0.3, -0.25) is 0 Å². The van der Waals surface area contributed by atoms with Gasteiger partial charge in [0.25, 0.3) is 0 Å². The second kappa shape index (κ2) is 7.83. The Bertz CT molecular complexity index is 892. The summed E-state index contributed by atoms with van der Waals surface area (Å²) in [5, 5.41) is 8.85. The summed E-state index contributed by atoms with van der Waals surface area (Å²) in [6.07, 6.45) is -13.2. The Kier molecular flexibility index (Phi) is 5.61. The van der Waals surface area contributed by atoms with Gasteiger partial charge >= 0.3 is 12.4 Å². The lowest BCUT2D eigenvalue weighted by Gasteiger charge is -2.27. The Balaban J connectivity index is 1.85. The molecule has 0 bridgehead atoms. The Morgan fingerprint density at radius 1 is 1.07 bits per heavy atom. The highest BCUT2D eigenvalue weighted by Crippen LogP contribution is 2.39. The van der Waals surface area contributed by atoms with E-state index < -0.39 is 35.8 Å². The molecule has 2 aromatic carbocycles. The Hall–Kier alpha value is -2.93. The van der Waals surface area contributed by atoms with Crippen molar-refractivity contribution in [1.29, 1.82) is 5.26 Å². The maximum Gasteiger partial charge on any atom is 0.433 e. The van der Waals surface area contributed by atoms with Crippen LogP contribution in [0.25, 0.3) is 0 Å². The SMILES string of the molecule is N#Cc1ccc(N2CC(COc3ccccc3)OC2C(F)(F)F)cc1C(F)(F)F. The maximum absolute atomic E-state index is 13.4. The number of nitrogens with zero attached hydrogens (tertiary/aromatic N) is 2. The average molecular weight is 416 g/mol. The molecule has 0 spiro atoms. The zero-order valence-corrected chi connectivity index (χ0v) is 14.7. The number of anilines is 1. The first-order valence-corrected chi connectivity index (χ1v) is 8.37. The van der Waals surface area contributed by atoms with Crippen LogP contribution in [0.3, 0.4) is 0 Å². The van der Waals surface area contributed by atoms with Crippen molar-refractivity contribution < 1.29 is 35.8 Å². The van der Waals surface area contributed by atoms with Crippen LogP contribution in [0.5, 0.6) is 5.75 Å². The van der Waals surface area contributed by atoms with Gasteiger partial charge in [-0.05, 0) is 30.3 Å². The average Bonchev–Trinajstić information content (AvgIpc) is 3.11. The molecule has 0 radical (unpaired) electrons. The van der Waals surface area contributed by atoms with Gasteiger partial charge in [-0.15, -0.1) is 0 Å². The molecule has 3 rings (SSSR count). The lowest BCUT2D eigenvalue weighted by atomic mass is 10.1. The lowest BCUT2D eigenvalue weighted by molar-refractivity contribution is -0.215. The van der Waals surface area contributed by atoms with Gasteiger partial charge in [-0.25, -0.2) is 0 Å². The molecule has 2 aromatic rings. The van der Waals surface area contributed by atoms with E-state index in [1.165, 1.54) is 6.07 Å². The number of ether oxygens (including phenoxy) is 2. The summed E-state index contributed by atoms with van der Waals surface area (Å²) in [5.74, 6) is 0.427. The molecule has 1 fully saturated rings. The van der Waals surface area contributed by atoms with Gasteiger partial charge in [-0.2, -0.15) is 31.6 Å². The molecule has 1 aliphatic rings. The van der Waals surface area contributed by atoms with Crippen molar-refractivity contribution in [1.82, 2.24) is 0 Å². The van der Waals surface area contributed by atoms with Crippen LogP contribution in [-0.2, 0) is 10.9 Å². The minimum atomic E-state index is -4.88. The molecule has 0 aliphatic carbocycles. The Morgan fingerprint density at radius 2 is 1.76 bits per heavy atom. The number of hydrogen-bond donors (Lipinski definition) is 0. The summed E-state index contributed by atoms with van der Waals surface area (Å²) in [6.45, 7) is -0.546. The van der Waals surface area contributed by atoms with E-state index in [4.69, 9.17) is 14.7 Å². The molecule has 10 heteroatoms. The summed E-state index contributed by atoms with van der Waals surface area (Å²) in [7, 11) is 0. The minimum Gasteiger partial charge on any atom is -0.491 e. The van der Waals surface area contributed by atoms with Gasteiger partial charge in [-0.1, -0.05) is 18.2 Å². The van der Waals surface area contributed by atoms with Crippen molar-refractivity contribution in [2.24, 2.45) is 0 Å². The van der Waals surface area contributed by atoms with E-state index >= 15 is 0 Å². The van der Waals surface area contributed by atoms with Crippen molar-refractivity contribution in [2.75, 3.05) is 18.1 Å². The molecule has 0 N–H and O–H groups in total. The Labute approximate surface area is 161 Å². The molecular formula is C19H14F6N2O2. The monoisotopic (exact) mass is 416 g/mol. The third-order valence-electron chi connectivity index (χ3n) is 4.22. The summed E-state index contributed by atoms with van der Waals surface area (Å²) >= 11 is 0. The quantitative estimate of drug-likeness (QED) is 0.675. The van der Waals surface area contributed by atoms with Crippen LogP contribution in [0.1, 0.15) is 11.1 Å². The van der Waals surface area contributed by atoms with E-state index in [2.05, 4.69) is 0 Å². The predicted molar refractivity (Wildman–Crippen MR) is 90.2 cm³/mol. The number of alkyl halides is 6. The fraction of sp³-hybridized carbons (Fsp3) is 0.316. The number of rotatable bonds is 4. The number of halogens is 6. The molecule has 0 aromatic heterocycles. The Morgan fingerprint density at radius 3 is 2.34 bits per heavy atom. The van der Waals surface area contributed by atoms with Crippen LogP contribution in [0.15, 0.2) is 48.5 Å². The van der Waals surface area contributed by atoms with E-state index in [-0.39, 0.29) is 18.8 Å². The van der Waals surface area contributed by atoms with Crippen molar-refractivity contribution in [2.45, 2.75) is 24.7 Å². The van der Waals surface area contributed by atoms with Crippen molar-refractivity contribution in [3.05, 3.63) is 59.7 Å². The summed E-state index contributed by atoms with van der Waals surface area (Å²) < 4.78 is 90.3. The molecule has 2 unspecified atom stereocenters. The third-order valence-corrected chi connectivity index (χ3v) is 4.22. The van der Waals surface area contributed by atoms with Gasteiger partial charge in [0.2, 0.25) is 6.23 Å². The third kappa shape index (κ3) is 4.74. The van der Waals surface area contributed by atoms with E-state index in [0.717, 1.165) is 12.1 Å². The highest BCUT2D eigenvalue weighted by molar-refractivity contribution is 5.56. The van der Waals surface area contributed by atoms with E-state index in [1.54, 1.807) is 30.3 Å². The highest BCUT2D eigenvalue weighted by Gasteiger charge is 2.51. The highest BCUT2D eigenvalue weighted by atomic mass is 19.4. The summed E-state index contributed by atoms with van der Waals surface area (Å²) in [6, 6.07) is 12.2. The van der Waals surface area contributed by atoms with Gasteiger partial charge in [0.05, 0.1) is 23.7 Å². The zero-order chi connectivity index (χ0) is 21.2. The van der Waals surface area contributed by atoms with Crippen LogP contribution in [0.2, 0.25) is 0 Å². The van der Waals surface area contributed by atoms with E-state index in [1.807, 2.05) is 0 Å².